The van der Waals surface area contributed by atoms with Gasteiger partial charge in [-0.05, 0) is 65.8 Å². The first-order valence-corrected chi connectivity index (χ1v) is 13.4. The number of nitrogens with one attached hydrogen (secondary N) is 1. The zero-order valence-corrected chi connectivity index (χ0v) is 22.7. The van der Waals surface area contributed by atoms with Crippen LogP contribution in [0.4, 0.5) is 0 Å². The number of carbonyl (C=O) groups is 1. The summed E-state index contributed by atoms with van der Waals surface area (Å²) < 4.78 is 7.84. The lowest BCUT2D eigenvalue weighted by molar-refractivity contribution is -0.123. The maximum absolute atomic E-state index is 12.1. The molecule has 0 aliphatic rings. The highest BCUT2D eigenvalue weighted by molar-refractivity contribution is 6.30. The highest BCUT2D eigenvalue weighted by Gasteiger charge is 2.14. The molecule has 5 nitrogen and oxygen atoms in total. The predicted octanol–water partition coefficient (Wildman–Crippen LogP) is 6.94. The van der Waals surface area contributed by atoms with Gasteiger partial charge >= 0.3 is 0 Å². The minimum absolute atomic E-state index is 0.00237. The largest absolute Gasteiger partial charge is 0.484 e. The molecule has 4 aromatic rings. The summed E-state index contributed by atoms with van der Waals surface area (Å²) in [5, 5.41) is 3.57. The molecule has 0 unspecified atom stereocenters. The van der Waals surface area contributed by atoms with Crippen molar-refractivity contribution in [3.63, 3.8) is 0 Å². The fraction of sp³-hybridized carbons (Fsp3) is 0.355. The molecule has 0 radical (unpaired) electrons. The molecule has 0 saturated heterocycles. The summed E-state index contributed by atoms with van der Waals surface area (Å²) in [6.45, 7) is 8.17. The van der Waals surface area contributed by atoms with Gasteiger partial charge in [0.2, 0.25) is 0 Å². The van der Waals surface area contributed by atoms with E-state index in [0.717, 1.165) is 43.6 Å². The number of benzene rings is 3. The zero-order valence-electron chi connectivity index (χ0n) is 22.0. The van der Waals surface area contributed by atoms with E-state index >= 15 is 0 Å². The molecule has 1 heterocycles. The minimum atomic E-state index is -0.116. The Balaban J connectivity index is 1.26. The number of halogens is 1. The summed E-state index contributed by atoms with van der Waals surface area (Å²) in [7, 11) is 0. The van der Waals surface area contributed by atoms with Crippen LogP contribution in [0.3, 0.4) is 0 Å². The van der Waals surface area contributed by atoms with Gasteiger partial charge in [0.05, 0.1) is 11.0 Å². The molecule has 3 aromatic carbocycles. The fourth-order valence-corrected chi connectivity index (χ4v) is 4.45. The van der Waals surface area contributed by atoms with Crippen molar-refractivity contribution < 1.29 is 9.53 Å². The summed E-state index contributed by atoms with van der Waals surface area (Å²) in [6, 6.07) is 24.3. The van der Waals surface area contributed by atoms with Crippen LogP contribution in [0.15, 0.2) is 72.8 Å². The monoisotopic (exact) mass is 517 g/mol. The molecule has 0 aliphatic carbocycles. The highest BCUT2D eigenvalue weighted by atomic mass is 35.5. The molecule has 4 rings (SSSR count). The Bertz CT molecular complexity index is 1310. The number of fused-ring (bicyclic) bond motifs is 1. The quantitative estimate of drug-likeness (QED) is 0.219. The van der Waals surface area contributed by atoms with Crippen molar-refractivity contribution in [2.75, 3.05) is 13.2 Å². The van der Waals surface area contributed by atoms with Crippen molar-refractivity contribution in [2.45, 2.75) is 58.4 Å². The zero-order chi connectivity index (χ0) is 26.3. The van der Waals surface area contributed by atoms with Gasteiger partial charge in [-0.15, -0.1) is 0 Å². The van der Waals surface area contributed by atoms with Gasteiger partial charge in [0.1, 0.15) is 11.6 Å². The van der Waals surface area contributed by atoms with Gasteiger partial charge in [0, 0.05) is 24.5 Å². The summed E-state index contributed by atoms with van der Waals surface area (Å²) in [4.78, 5) is 17.0. The van der Waals surface area contributed by atoms with E-state index in [-0.39, 0.29) is 17.9 Å². The molecular formula is C31H36ClN3O2. The second-order valence-electron chi connectivity index (χ2n) is 10.5. The number of hydrogen-bond acceptors (Lipinski definition) is 3. The molecule has 194 valence electrons. The highest BCUT2D eigenvalue weighted by Crippen LogP contribution is 2.24. The summed E-state index contributed by atoms with van der Waals surface area (Å²) in [5.41, 5.74) is 4.98. The number of ether oxygens (including phenoxy) is 1. The standard InChI is InChI=1S/C31H36ClN3O2/c1-31(2,3)24-14-12-23(13-15-24)21-35-28-10-7-6-9-27(28)34-29(35)11-5-4-8-20-33-30(36)22-37-26-18-16-25(32)17-19-26/h6-7,9-10,12-19H,4-5,8,11,20-22H2,1-3H3,(H,33,36). The second-order valence-corrected chi connectivity index (χ2v) is 10.9. The topological polar surface area (TPSA) is 56.2 Å². The van der Waals surface area contributed by atoms with Crippen molar-refractivity contribution in [2.24, 2.45) is 0 Å². The van der Waals surface area contributed by atoms with E-state index in [2.05, 4.69) is 73.1 Å². The van der Waals surface area contributed by atoms with E-state index < -0.39 is 0 Å². The molecule has 0 atom stereocenters. The number of aromatic nitrogens is 2. The van der Waals surface area contributed by atoms with Gasteiger partial charge < -0.3 is 14.6 Å². The number of rotatable bonds is 11. The predicted molar refractivity (Wildman–Crippen MR) is 151 cm³/mol. The fourth-order valence-electron chi connectivity index (χ4n) is 4.33. The Morgan fingerprint density at radius 1 is 0.946 bits per heavy atom. The number of imidazole rings is 1. The number of aryl methyl sites for hydroxylation is 1. The Morgan fingerprint density at radius 2 is 1.68 bits per heavy atom. The van der Waals surface area contributed by atoms with Crippen LogP contribution in [-0.4, -0.2) is 28.6 Å². The number of nitrogens with zero attached hydrogens (tertiary/aromatic N) is 2. The van der Waals surface area contributed by atoms with E-state index in [4.69, 9.17) is 21.3 Å². The molecule has 6 heteroatoms. The van der Waals surface area contributed by atoms with Crippen molar-refractivity contribution in [1.29, 1.82) is 0 Å². The molecule has 0 bridgehead atoms. The van der Waals surface area contributed by atoms with Crippen LogP contribution in [0.5, 0.6) is 5.75 Å². The van der Waals surface area contributed by atoms with Gasteiger partial charge in [-0.3, -0.25) is 4.79 Å². The van der Waals surface area contributed by atoms with Crippen molar-refractivity contribution >= 4 is 28.5 Å². The van der Waals surface area contributed by atoms with Crippen LogP contribution in [0.1, 0.15) is 57.0 Å². The first-order valence-electron chi connectivity index (χ1n) is 13.0. The van der Waals surface area contributed by atoms with Gasteiger partial charge in [0.25, 0.3) is 5.91 Å². The van der Waals surface area contributed by atoms with Gasteiger partial charge in [-0.1, -0.05) is 75.2 Å². The lowest BCUT2D eigenvalue weighted by atomic mass is 9.87. The third-order valence-electron chi connectivity index (χ3n) is 6.48. The minimum Gasteiger partial charge on any atom is -0.484 e. The molecule has 1 amide bonds. The van der Waals surface area contributed by atoms with Crippen LogP contribution in [0.25, 0.3) is 11.0 Å². The molecular weight excluding hydrogens is 482 g/mol. The Morgan fingerprint density at radius 3 is 2.41 bits per heavy atom. The number of hydrogen-bond donors (Lipinski definition) is 1. The first-order chi connectivity index (χ1) is 17.8. The third-order valence-corrected chi connectivity index (χ3v) is 6.73. The number of unbranched alkanes of at least 4 members (excludes halogenated alkanes) is 2. The lowest BCUT2D eigenvalue weighted by Crippen LogP contribution is -2.29. The van der Waals surface area contributed by atoms with Gasteiger partial charge in [0.15, 0.2) is 6.61 Å². The average Bonchev–Trinajstić information content (AvgIpc) is 3.22. The molecule has 0 fully saturated rings. The average molecular weight is 518 g/mol. The molecule has 1 aromatic heterocycles. The van der Waals surface area contributed by atoms with E-state index in [9.17, 15) is 4.79 Å². The summed E-state index contributed by atoms with van der Waals surface area (Å²) in [6.07, 6.45) is 3.86. The first kappa shape index (κ1) is 26.7. The summed E-state index contributed by atoms with van der Waals surface area (Å²) >= 11 is 5.87. The van der Waals surface area contributed by atoms with Crippen molar-refractivity contribution in [3.05, 3.63) is 94.8 Å². The van der Waals surface area contributed by atoms with Gasteiger partial charge in [-0.25, -0.2) is 4.98 Å². The molecule has 37 heavy (non-hydrogen) atoms. The number of amides is 1. The Kier molecular flexibility index (Phi) is 8.88. The van der Waals surface area contributed by atoms with E-state index in [1.807, 2.05) is 6.07 Å². The lowest BCUT2D eigenvalue weighted by Gasteiger charge is -2.19. The number of para-hydroxylation sites is 2. The molecule has 1 N–H and O–H groups in total. The molecule has 0 aliphatic heterocycles. The van der Waals surface area contributed by atoms with Crippen molar-refractivity contribution in [1.82, 2.24) is 14.9 Å². The Labute approximate surface area is 224 Å². The van der Waals surface area contributed by atoms with E-state index in [1.165, 1.54) is 16.6 Å². The third kappa shape index (κ3) is 7.59. The van der Waals surface area contributed by atoms with Crippen LogP contribution in [0.2, 0.25) is 5.02 Å². The summed E-state index contributed by atoms with van der Waals surface area (Å²) in [5.74, 6) is 1.63. The second kappa shape index (κ2) is 12.3. The molecule has 0 spiro atoms. The molecule has 0 saturated carbocycles. The SMILES string of the molecule is CC(C)(C)c1ccc(Cn2c(CCCCCNC(=O)COc3ccc(Cl)cc3)nc3ccccc32)cc1. The number of carbonyl (C=O) groups excluding carboxylic acids is 1. The van der Waals surface area contributed by atoms with Crippen LogP contribution in [0, 0.1) is 0 Å². The Hall–Kier alpha value is -3.31. The maximum Gasteiger partial charge on any atom is 0.257 e. The van der Waals surface area contributed by atoms with Crippen LogP contribution >= 0.6 is 11.6 Å². The normalized spacial score (nSPS) is 11.6. The van der Waals surface area contributed by atoms with Crippen molar-refractivity contribution in [3.8, 4) is 5.75 Å². The van der Waals surface area contributed by atoms with E-state index in [1.54, 1.807) is 24.3 Å². The van der Waals surface area contributed by atoms with Crippen LogP contribution < -0.4 is 10.1 Å². The van der Waals surface area contributed by atoms with E-state index in [0.29, 0.717) is 17.3 Å². The van der Waals surface area contributed by atoms with Gasteiger partial charge in [-0.2, -0.15) is 0 Å². The van der Waals surface area contributed by atoms with Crippen LogP contribution in [-0.2, 0) is 23.2 Å². The smallest absolute Gasteiger partial charge is 0.257 e. The maximum atomic E-state index is 12.1.